The summed E-state index contributed by atoms with van der Waals surface area (Å²) in [7, 11) is 4.64. The van der Waals surface area contributed by atoms with Gasteiger partial charge in [-0.25, -0.2) is 0 Å². The first-order valence-corrected chi connectivity index (χ1v) is 7.34. The molecule has 0 unspecified atom stereocenters. The zero-order valence-electron chi connectivity index (χ0n) is 8.95. The van der Waals surface area contributed by atoms with Crippen LogP contribution in [-0.4, -0.2) is 0 Å². The molecule has 2 aliphatic rings. The first-order chi connectivity index (χ1) is 6.00. The number of hydrogen-bond donors (Lipinski definition) is 0. The maximum atomic E-state index is 4.64. The van der Waals surface area contributed by atoms with Crippen molar-refractivity contribution in [3.05, 3.63) is 7.43 Å². The van der Waals surface area contributed by atoms with Gasteiger partial charge in [0.05, 0.1) is 0 Å². The van der Waals surface area contributed by atoms with Gasteiger partial charge in [0, 0.05) is 0 Å². The van der Waals surface area contributed by atoms with E-state index in [1.165, 1.54) is 83.6 Å². The molecule has 0 aliphatic heterocycles. The Bertz CT molecular complexity index is 43.3. The molecule has 0 atom stereocenters. The molecule has 0 aromatic rings. The van der Waals surface area contributed by atoms with E-state index in [2.05, 4.69) is 9.30 Å². The molecule has 0 saturated heterocycles. The minimum absolute atomic E-state index is 0. The third-order valence-electron chi connectivity index (χ3n) is 2.50. The second-order valence-electron chi connectivity index (χ2n) is 3.54. The van der Waals surface area contributed by atoms with Crippen molar-refractivity contribution in [1.82, 2.24) is 0 Å². The van der Waals surface area contributed by atoms with E-state index in [0.29, 0.717) is 0 Å². The van der Waals surface area contributed by atoms with Crippen molar-refractivity contribution in [2.24, 2.45) is 0 Å². The fraction of sp³-hybridized carbons (Fsp3) is 0.909. The normalized spacial score (nSPS) is 19.0. The standard InChI is InChI=1S/2C5H10.CH3.ClH.Ti/c2*1-2-4-5-3-1;;;/h2*1-5H2;1H3;1H;/q;;-1;;+4/p-1. The van der Waals surface area contributed by atoms with E-state index in [0.717, 1.165) is 0 Å². The van der Waals surface area contributed by atoms with Gasteiger partial charge in [-0.05, 0) is 0 Å². The summed E-state index contributed by atoms with van der Waals surface area (Å²) in [6.07, 6.45) is 15.0. The Kier molecular flexibility index (Phi) is 19.6. The SMILES string of the molecule is C1CCCC1.C1CCCC1.[CH3-].[Cl][Ti+3]. The van der Waals surface area contributed by atoms with E-state index < -0.39 is 0 Å². The summed E-state index contributed by atoms with van der Waals surface area (Å²) in [5.74, 6) is 0. The quantitative estimate of drug-likeness (QED) is 0.410. The van der Waals surface area contributed by atoms with Crippen molar-refractivity contribution in [2.75, 3.05) is 0 Å². The van der Waals surface area contributed by atoms with Crippen LogP contribution >= 0.6 is 9.30 Å². The zero-order valence-corrected chi connectivity index (χ0v) is 11.3. The monoisotopic (exact) mass is 238 g/mol. The molecule has 2 aliphatic carbocycles. The molecular formula is C11H23ClTi+2. The molecule has 13 heavy (non-hydrogen) atoms. The summed E-state index contributed by atoms with van der Waals surface area (Å²) in [5, 5.41) is 0. The van der Waals surface area contributed by atoms with Crippen LogP contribution in [0.15, 0.2) is 0 Å². The van der Waals surface area contributed by atoms with E-state index in [4.69, 9.17) is 0 Å². The Morgan fingerprint density at radius 2 is 0.538 bits per heavy atom. The van der Waals surface area contributed by atoms with Gasteiger partial charge in [-0.1, -0.05) is 64.2 Å². The summed E-state index contributed by atoms with van der Waals surface area (Å²) in [6, 6.07) is 0. The second-order valence-corrected chi connectivity index (χ2v) is 3.54. The van der Waals surface area contributed by atoms with E-state index in [1.807, 2.05) is 0 Å². The first kappa shape index (κ1) is 16.4. The third-order valence-corrected chi connectivity index (χ3v) is 2.50. The number of rotatable bonds is 0. The Labute approximate surface area is 100 Å². The molecule has 2 heteroatoms. The van der Waals surface area contributed by atoms with Crippen LogP contribution in [0.3, 0.4) is 0 Å². The van der Waals surface area contributed by atoms with Gasteiger partial charge >= 0.3 is 28.7 Å². The van der Waals surface area contributed by atoms with Crippen LogP contribution in [0.1, 0.15) is 64.2 Å². The molecule has 0 N–H and O–H groups in total. The fourth-order valence-electron chi connectivity index (χ4n) is 1.77. The van der Waals surface area contributed by atoms with E-state index in [1.54, 1.807) is 0 Å². The van der Waals surface area contributed by atoms with Gasteiger partial charge in [-0.15, -0.1) is 0 Å². The van der Waals surface area contributed by atoms with E-state index in [-0.39, 0.29) is 7.43 Å². The molecule has 76 valence electrons. The van der Waals surface area contributed by atoms with Crippen molar-refractivity contribution >= 4 is 9.30 Å². The molecule has 0 aromatic heterocycles. The summed E-state index contributed by atoms with van der Waals surface area (Å²) >= 11 is 1.47. The molecular weight excluding hydrogens is 215 g/mol. The van der Waals surface area contributed by atoms with Gasteiger partial charge in [-0.3, -0.25) is 0 Å². The molecule has 0 bridgehead atoms. The number of hydrogen-bond acceptors (Lipinski definition) is 0. The van der Waals surface area contributed by atoms with Crippen LogP contribution < -0.4 is 0 Å². The summed E-state index contributed by atoms with van der Waals surface area (Å²) in [4.78, 5) is 0. The van der Waals surface area contributed by atoms with Crippen molar-refractivity contribution in [2.45, 2.75) is 64.2 Å². The molecule has 0 heterocycles. The molecule has 2 rings (SSSR count). The average Bonchev–Trinajstić information content (AvgIpc) is 2.87. The van der Waals surface area contributed by atoms with Gasteiger partial charge in [0.15, 0.2) is 0 Å². The third kappa shape index (κ3) is 13.0. The van der Waals surface area contributed by atoms with Crippen molar-refractivity contribution < 1.29 is 19.4 Å². The second kappa shape index (κ2) is 15.5. The number of halogens is 1. The van der Waals surface area contributed by atoms with Crippen LogP contribution in [0.2, 0.25) is 0 Å². The van der Waals surface area contributed by atoms with Gasteiger partial charge in [-0.2, -0.15) is 0 Å². The van der Waals surface area contributed by atoms with Gasteiger partial charge < -0.3 is 7.43 Å². The Balaban J connectivity index is 0. The fourth-order valence-corrected chi connectivity index (χ4v) is 1.77. The predicted octanol–water partition coefficient (Wildman–Crippen LogP) is 5.04. The summed E-state index contributed by atoms with van der Waals surface area (Å²) < 4.78 is 0. The van der Waals surface area contributed by atoms with E-state index >= 15 is 0 Å². The van der Waals surface area contributed by atoms with E-state index in [9.17, 15) is 0 Å². The molecule has 2 saturated carbocycles. The van der Waals surface area contributed by atoms with Crippen molar-refractivity contribution in [1.29, 1.82) is 0 Å². The Morgan fingerprint density at radius 3 is 0.615 bits per heavy atom. The van der Waals surface area contributed by atoms with Crippen LogP contribution in [0.4, 0.5) is 0 Å². The molecule has 0 amide bonds. The zero-order chi connectivity index (χ0) is 9.07. The van der Waals surface area contributed by atoms with Crippen molar-refractivity contribution in [3.63, 3.8) is 0 Å². The minimum atomic E-state index is 0. The molecule has 0 spiro atoms. The van der Waals surface area contributed by atoms with Crippen LogP contribution in [0.25, 0.3) is 0 Å². The summed E-state index contributed by atoms with van der Waals surface area (Å²) in [6.45, 7) is 0. The molecule has 0 aromatic carbocycles. The van der Waals surface area contributed by atoms with Crippen LogP contribution in [-0.2, 0) is 19.4 Å². The maximum absolute atomic E-state index is 4.64. The average molecular weight is 239 g/mol. The molecule has 0 radical (unpaired) electrons. The van der Waals surface area contributed by atoms with Gasteiger partial charge in [0.25, 0.3) is 0 Å². The van der Waals surface area contributed by atoms with Gasteiger partial charge in [0.2, 0.25) is 0 Å². The molecule has 0 nitrogen and oxygen atoms in total. The topological polar surface area (TPSA) is 0 Å². The van der Waals surface area contributed by atoms with Gasteiger partial charge in [0.1, 0.15) is 0 Å². The summed E-state index contributed by atoms with van der Waals surface area (Å²) in [5.41, 5.74) is 0. The first-order valence-electron chi connectivity index (χ1n) is 5.19. The van der Waals surface area contributed by atoms with Crippen LogP contribution in [0, 0.1) is 7.43 Å². The Hall–Kier alpha value is 1.00. The van der Waals surface area contributed by atoms with Crippen molar-refractivity contribution in [3.8, 4) is 0 Å². The molecule has 2 fully saturated rings. The predicted molar refractivity (Wildman–Crippen MR) is 58.4 cm³/mol. The Morgan fingerprint density at radius 1 is 0.462 bits per heavy atom. The van der Waals surface area contributed by atoms with Crippen LogP contribution in [0.5, 0.6) is 0 Å².